The number of ether oxygens (including phenoxy) is 2. The lowest BCUT2D eigenvalue weighted by atomic mass is 10.0. The first kappa shape index (κ1) is 19.7. The molecule has 1 aromatic rings. The van der Waals surface area contributed by atoms with Crippen LogP contribution in [0.1, 0.15) is 49.9 Å². The second-order valence-corrected chi connectivity index (χ2v) is 6.25. The van der Waals surface area contributed by atoms with Crippen LogP contribution in [-0.2, 0) is 0 Å². The minimum Gasteiger partial charge on any atom is -0.493 e. The number of hydrogen-bond donors (Lipinski definition) is 3. The third-order valence-corrected chi connectivity index (χ3v) is 4.20. The Balaban J connectivity index is 1.90. The molecule has 0 aromatic heterocycles. The number of carboxylic acids is 1. The Labute approximate surface area is 154 Å². The van der Waals surface area contributed by atoms with Crippen LogP contribution in [-0.4, -0.2) is 30.3 Å². The van der Waals surface area contributed by atoms with E-state index in [9.17, 15) is 9.90 Å². The van der Waals surface area contributed by atoms with Crippen LogP contribution in [0.4, 0.5) is 0 Å². The molecule has 0 fully saturated rings. The van der Waals surface area contributed by atoms with Gasteiger partial charge in [-0.15, -0.1) is 12.3 Å². The molecule has 0 bridgehead atoms. The maximum absolute atomic E-state index is 11.3. The van der Waals surface area contributed by atoms with E-state index >= 15 is 0 Å². The summed E-state index contributed by atoms with van der Waals surface area (Å²) in [5, 5.41) is 9.26. The van der Waals surface area contributed by atoms with Crippen LogP contribution < -0.4 is 20.3 Å². The van der Waals surface area contributed by atoms with E-state index in [2.05, 4.69) is 23.7 Å². The van der Waals surface area contributed by atoms with Gasteiger partial charge in [0.1, 0.15) is 11.5 Å². The number of aromatic carboxylic acids is 1. The van der Waals surface area contributed by atoms with E-state index in [1.54, 1.807) is 6.07 Å². The second kappa shape index (κ2) is 9.73. The van der Waals surface area contributed by atoms with Gasteiger partial charge in [-0.05, 0) is 50.8 Å². The normalized spacial score (nSPS) is 16.1. The number of benzene rings is 1. The van der Waals surface area contributed by atoms with Gasteiger partial charge in [-0.2, -0.15) is 0 Å². The lowest BCUT2D eigenvalue weighted by Gasteiger charge is -2.12. The van der Waals surface area contributed by atoms with Crippen molar-refractivity contribution in [1.82, 2.24) is 10.9 Å². The van der Waals surface area contributed by atoms with Crippen molar-refractivity contribution in [3.8, 4) is 23.8 Å². The number of hydrogen-bond acceptors (Lipinski definition) is 5. The second-order valence-electron chi connectivity index (χ2n) is 6.25. The Bertz CT molecular complexity index is 706. The molecule has 2 rings (SSSR count). The van der Waals surface area contributed by atoms with Crippen LogP contribution in [0.15, 0.2) is 29.5 Å². The molecule has 0 saturated heterocycles. The van der Waals surface area contributed by atoms with Crippen molar-refractivity contribution in [2.75, 3.05) is 13.2 Å². The van der Waals surface area contributed by atoms with Crippen LogP contribution in [0.5, 0.6) is 11.5 Å². The van der Waals surface area contributed by atoms with Crippen molar-refractivity contribution in [3.63, 3.8) is 0 Å². The first-order chi connectivity index (χ1) is 12.5. The van der Waals surface area contributed by atoms with E-state index in [0.717, 1.165) is 25.0 Å². The molecule has 0 aliphatic carbocycles. The van der Waals surface area contributed by atoms with Gasteiger partial charge in [-0.1, -0.05) is 0 Å². The molecule has 6 nitrogen and oxygen atoms in total. The van der Waals surface area contributed by atoms with Crippen LogP contribution in [0, 0.1) is 12.3 Å². The summed E-state index contributed by atoms with van der Waals surface area (Å²) in [6.45, 7) is 5.10. The highest BCUT2D eigenvalue weighted by Crippen LogP contribution is 2.24. The van der Waals surface area contributed by atoms with Crippen molar-refractivity contribution in [2.24, 2.45) is 0 Å². The molecule has 1 aromatic carbocycles. The summed E-state index contributed by atoms with van der Waals surface area (Å²) in [5.74, 6) is 2.51. The number of unbranched alkanes of at least 4 members (excludes halogenated alkanes) is 1. The molecule has 0 saturated carbocycles. The SMILES string of the molecule is C#CCCCOc1cc(OCCCC2=C(C)NNC2C)cc(C(=O)O)c1. The van der Waals surface area contributed by atoms with Gasteiger partial charge in [0.2, 0.25) is 0 Å². The van der Waals surface area contributed by atoms with E-state index in [1.165, 1.54) is 17.7 Å². The highest BCUT2D eigenvalue weighted by atomic mass is 16.5. The van der Waals surface area contributed by atoms with Crippen molar-refractivity contribution in [3.05, 3.63) is 35.0 Å². The molecule has 0 spiro atoms. The smallest absolute Gasteiger partial charge is 0.335 e. The predicted molar refractivity (Wildman–Crippen MR) is 100 cm³/mol. The number of rotatable bonds is 10. The molecule has 6 heteroatoms. The monoisotopic (exact) mass is 358 g/mol. The van der Waals surface area contributed by atoms with Gasteiger partial charge in [0, 0.05) is 24.2 Å². The van der Waals surface area contributed by atoms with Gasteiger partial charge in [-0.3, -0.25) is 0 Å². The summed E-state index contributed by atoms with van der Waals surface area (Å²) in [6.07, 6.45) is 8.32. The first-order valence-electron chi connectivity index (χ1n) is 8.80. The lowest BCUT2D eigenvalue weighted by molar-refractivity contribution is 0.0695. The summed E-state index contributed by atoms with van der Waals surface area (Å²) in [7, 11) is 0. The Morgan fingerprint density at radius 1 is 1.23 bits per heavy atom. The molecule has 1 unspecified atom stereocenters. The topological polar surface area (TPSA) is 79.8 Å². The number of carbonyl (C=O) groups is 1. The zero-order valence-electron chi connectivity index (χ0n) is 15.3. The molecule has 1 heterocycles. The van der Waals surface area contributed by atoms with Gasteiger partial charge in [-0.25, -0.2) is 10.2 Å². The highest BCUT2D eigenvalue weighted by Gasteiger charge is 2.17. The van der Waals surface area contributed by atoms with Crippen LogP contribution in [0.3, 0.4) is 0 Å². The molecule has 0 amide bonds. The first-order valence-corrected chi connectivity index (χ1v) is 8.80. The predicted octanol–water partition coefficient (Wildman–Crippen LogP) is 3.11. The van der Waals surface area contributed by atoms with Gasteiger partial charge in [0.15, 0.2) is 0 Å². The molecule has 140 valence electrons. The molecule has 1 aliphatic rings. The quantitative estimate of drug-likeness (QED) is 0.441. The summed E-state index contributed by atoms with van der Waals surface area (Å²) in [4.78, 5) is 11.3. The van der Waals surface area contributed by atoms with E-state index in [0.29, 0.717) is 37.2 Å². The van der Waals surface area contributed by atoms with Crippen molar-refractivity contribution in [2.45, 2.75) is 45.6 Å². The van der Waals surface area contributed by atoms with Gasteiger partial charge >= 0.3 is 5.97 Å². The van der Waals surface area contributed by atoms with Gasteiger partial charge < -0.3 is 20.0 Å². The van der Waals surface area contributed by atoms with Crippen LogP contribution >= 0.6 is 0 Å². The maximum Gasteiger partial charge on any atom is 0.335 e. The fourth-order valence-corrected chi connectivity index (χ4v) is 2.79. The maximum atomic E-state index is 11.3. The molecule has 0 radical (unpaired) electrons. The average molecular weight is 358 g/mol. The van der Waals surface area contributed by atoms with Crippen molar-refractivity contribution < 1.29 is 19.4 Å². The summed E-state index contributed by atoms with van der Waals surface area (Å²) in [5.41, 5.74) is 8.95. The number of carboxylic acid groups (broad SMARTS) is 1. The standard InChI is InChI=1S/C20H26N2O4/c1-4-5-6-9-25-17-11-16(20(23)24)12-18(13-17)26-10-7-8-19-14(2)21-22-15(19)3/h1,11-14,21-22H,5-10H2,2-3H3,(H,23,24). The number of nitrogens with one attached hydrogen (secondary N) is 2. The van der Waals surface area contributed by atoms with E-state index in [-0.39, 0.29) is 5.56 Å². The van der Waals surface area contributed by atoms with Crippen molar-refractivity contribution >= 4 is 5.97 Å². The fourth-order valence-electron chi connectivity index (χ4n) is 2.79. The minimum absolute atomic E-state index is 0.144. The fraction of sp³-hybridized carbons (Fsp3) is 0.450. The third-order valence-electron chi connectivity index (χ3n) is 4.20. The minimum atomic E-state index is -1.01. The summed E-state index contributed by atoms with van der Waals surface area (Å²) in [6, 6.07) is 5.04. The Morgan fingerprint density at radius 2 is 1.88 bits per heavy atom. The Morgan fingerprint density at radius 3 is 2.42 bits per heavy atom. The lowest BCUT2D eigenvalue weighted by Crippen LogP contribution is -2.30. The zero-order chi connectivity index (χ0) is 18.9. The van der Waals surface area contributed by atoms with Gasteiger partial charge in [0.25, 0.3) is 0 Å². The number of hydrazine groups is 1. The Hall–Kier alpha value is -2.65. The third kappa shape index (κ3) is 5.71. The molecular formula is C20H26N2O4. The van der Waals surface area contributed by atoms with Crippen LogP contribution in [0.2, 0.25) is 0 Å². The molecule has 1 aliphatic heterocycles. The number of terminal acetylenes is 1. The summed E-state index contributed by atoms with van der Waals surface area (Å²) < 4.78 is 11.3. The molecular weight excluding hydrogens is 332 g/mol. The largest absolute Gasteiger partial charge is 0.493 e. The molecule has 3 N–H and O–H groups in total. The van der Waals surface area contributed by atoms with E-state index < -0.39 is 5.97 Å². The molecule has 26 heavy (non-hydrogen) atoms. The van der Waals surface area contributed by atoms with Gasteiger partial charge in [0.05, 0.1) is 18.8 Å². The molecule has 1 atom stereocenters. The summed E-state index contributed by atoms with van der Waals surface area (Å²) >= 11 is 0. The van der Waals surface area contributed by atoms with Crippen molar-refractivity contribution in [1.29, 1.82) is 0 Å². The van der Waals surface area contributed by atoms with E-state index in [1.807, 2.05) is 6.92 Å². The highest BCUT2D eigenvalue weighted by molar-refractivity contribution is 5.88. The zero-order valence-corrected chi connectivity index (χ0v) is 15.3. The van der Waals surface area contributed by atoms with Crippen LogP contribution in [0.25, 0.3) is 0 Å². The number of allylic oxidation sites excluding steroid dienone is 1. The van der Waals surface area contributed by atoms with E-state index in [4.69, 9.17) is 15.9 Å². The Kier molecular flexibility index (Phi) is 7.37. The average Bonchev–Trinajstić information content (AvgIpc) is 2.94.